The van der Waals surface area contributed by atoms with Crippen molar-refractivity contribution in [1.82, 2.24) is 4.98 Å². The third-order valence-electron chi connectivity index (χ3n) is 2.65. The van der Waals surface area contributed by atoms with E-state index in [9.17, 15) is 0 Å². The monoisotopic (exact) mass is 218 g/mol. The summed E-state index contributed by atoms with van der Waals surface area (Å²) in [6.07, 6.45) is 2.97. The van der Waals surface area contributed by atoms with Gasteiger partial charge in [0.1, 0.15) is 5.75 Å². The Kier molecular flexibility index (Phi) is 3.15. The number of fused-ring (bicyclic) bond motifs is 1. The van der Waals surface area contributed by atoms with Crippen LogP contribution in [0.4, 0.5) is 0 Å². The maximum Gasteiger partial charge on any atom is 0.128 e. The molecule has 0 bridgehead atoms. The molecular weight excluding hydrogens is 200 g/mol. The first-order chi connectivity index (χ1) is 7.74. The van der Waals surface area contributed by atoms with Gasteiger partial charge in [-0.15, -0.1) is 0 Å². The van der Waals surface area contributed by atoms with Gasteiger partial charge in [-0.3, -0.25) is 0 Å². The van der Waals surface area contributed by atoms with Gasteiger partial charge in [0, 0.05) is 23.1 Å². The van der Waals surface area contributed by atoms with Gasteiger partial charge in [0.25, 0.3) is 0 Å². The van der Waals surface area contributed by atoms with Crippen molar-refractivity contribution in [1.29, 1.82) is 0 Å². The Hall–Kier alpha value is -1.48. The summed E-state index contributed by atoms with van der Waals surface area (Å²) >= 11 is 0. The molecule has 0 radical (unpaired) electrons. The second-order valence-corrected chi connectivity index (χ2v) is 4.06. The second kappa shape index (κ2) is 4.58. The van der Waals surface area contributed by atoms with Crippen molar-refractivity contribution in [3.8, 4) is 5.75 Å². The molecule has 3 heteroatoms. The molecule has 3 N–H and O–H groups in total. The van der Waals surface area contributed by atoms with Crippen molar-refractivity contribution in [2.24, 2.45) is 5.73 Å². The van der Waals surface area contributed by atoms with Crippen LogP contribution in [-0.2, 0) is 0 Å². The van der Waals surface area contributed by atoms with E-state index < -0.39 is 0 Å². The van der Waals surface area contributed by atoms with Crippen LogP contribution in [0.15, 0.2) is 24.4 Å². The van der Waals surface area contributed by atoms with Gasteiger partial charge >= 0.3 is 0 Å². The van der Waals surface area contributed by atoms with E-state index in [1.807, 2.05) is 31.3 Å². The molecule has 0 aliphatic carbocycles. The molecule has 1 heterocycles. The zero-order chi connectivity index (χ0) is 11.5. The summed E-state index contributed by atoms with van der Waals surface area (Å²) in [5.74, 6) is 0.924. The van der Waals surface area contributed by atoms with Crippen molar-refractivity contribution in [3.05, 3.63) is 30.0 Å². The Morgan fingerprint density at radius 3 is 2.94 bits per heavy atom. The molecule has 2 rings (SSSR count). The van der Waals surface area contributed by atoms with Crippen LogP contribution in [0.1, 0.15) is 31.9 Å². The Balaban J connectivity index is 2.50. The molecule has 86 valence electrons. The van der Waals surface area contributed by atoms with Gasteiger partial charge in [-0.05, 0) is 31.0 Å². The number of nitrogens with one attached hydrogen (secondary N) is 1. The summed E-state index contributed by atoms with van der Waals surface area (Å²) in [6.45, 7) is 4.83. The number of aromatic amines is 1. The van der Waals surface area contributed by atoms with E-state index in [1.54, 1.807) is 0 Å². The highest BCUT2D eigenvalue weighted by Gasteiger charge is 2.11. The van der Waals surface area contributed by atoms with Crippen LogP contribution >= 0.6 is 0 Å². The Labute approximate surface area is 95.6 Å². The lowest BCUT2D eigenvalue weighted by molar-refractivity contribution is 0.321. The van der Waals surface area contributed by atoms with E-state index in [-0.39, 0.29) is 6.04 Å². The zero-order valence-corrected chi connectivity index (χ0v) is 9.79. The molecule has 0 fully saturated rings. The number of hydrogen-bond donors (Lipinski definition) is 2. The predicted octanol–water partition coefficient (Wildman–Crippen LogP) is 2.98. The topological polar surface area (TPSA) is 51.0 Å². The van der Waals surface area contributed by atoms with Crippen LogP contribution < -0.4 is 10.5 Å². The summed E-state index contributed by atoms with van der Waals surface area (Å²) in [7, 11) is 0. The van der Waals surface area contributed by atoms with Crippen LogP contribution in [0.2, 0.25) is 0 Å². The standard InChI is InChI=1S/C13H18N2O/c1-3-7-16-12-6-4-5-11-13(12)10(8-15-11)9(2)14/h4-6,8-9,15H,3,7,14H2,1-2H3/t9-/m1/s1. The van der Waals surface area contributed by atoms with Crippen LogP contribution in [-0.4, -0.2) is 11.6 Å². The van der Waals surface area contributed by atoms with Crippen LogP contribution in [0.3, 0.4) is 0 Å². The quantitative estimate of drug-likeness (QED) is 0.828. The minimum atomic E-state index is 0.0140. The van der Waals surface area contributed by atoms with Crippen LogP contribution in [0, 0.1) is 0 Å². The molecular formula is C13H18N2O. The fourth-order valence-corrected chi connectivity index (χ4v) is 1.87. The zero-order valence-electron chi connectivity index (χ0n) is 9.79. The van der Waals surface area contributed by atoms with Gasteiger partial charge < -0.3 is 15.5 Å². The molecule has 0 aliphatic heterocycles. The third-order valence-corrected chi connectivity index (χ3v) is 2.65. The Morgan fingerprint density at radius 2 is 2.25 bits per heavy atom. The highest BCUT2D eigenvalue weighted by Crippen LogP contribution is 2.31. The summed E-state index contributed by atoms with van der Waals surface area (Å²) in [5, 5.41) is 1.12. The SMILES string of the molecule is CCCOc1cccc2[nH]cc([C@@H](C)N)c12. The molecule has 16 heavy (non-hydrogen) atoms. The fourth-order valence-electron chi connectivity index (χ4n) is 1.87. The van der Waals surface area contributed by atoms with Gasteiger partial charge in [0.2, 0.25) is 0 Å². The summed E-state index contributed by atoms with van der Waals surface area (Å²) in [6, 6.07) is 6.05. The maximum atomic E-state index is 5.95. The lowest BCUT2D eigenvalue weighted by Crippen LogP contribution is -2.04. The minimum Gasteiger partial charge on any atom is -0.493 e. The average Bonchev–Trinajstić information content (AvgIpc) is 2.70. The van der Waals surface area contributed by atoms with Gasteiger partial charge in [0.05, 0.1) is 6.61 Å². The Morgan fingerprint density at radius 1 is 1.44 bits per heavy atom. The van der Waals surface area contributed by atoms with Gasteiger partial charge in [-0.25, -0.2) is 0 Å². The largest absolute Gasteiger partial charge is 0.493 e. The molecule has 1 aromatic carbocycles. The number of hydrogen-bond acceptors (Lipinski definition) is 2. The Bertz CT molecular complexity index is 474. The number of rotatable bonds is 4. The molecule has 0 unspecified atom stereocenters. The number of nitrogens with two attached hydrogens (primary N) is 1. The van der Waals surface area contributed by atoms with Gasteiger partial charge in [-0.2, -0.15) is 0 Å². The normalized spacial score (nSPS) is 12.9. The highest BCUT2D eigenvalue weighted by molar-refractivity contribution is 5.89. The van der Waals surface area contributed by atoms with E-state index in [1.165, 1.54) is 0 Å². The van der Waals surface area contributed by atoms with Gasteiger partial charge in [-0.1, -0.05) is 13.0 Å². The van der Waals surface area contributed by atoms with Crippen LogP contribution in [0.25, 0.3) is 10.9 Å². The number of H-pyrrole nitrogens is 1. The molecule has 0 amide bonds. The first kappa shape index (κ1) is 11.0. The van der Waals surface area contributed by atoms with E-state index >= 15 is 0 Å². The maximum absolute atomic E-state index is 5.95. The highest BCUT2D eigenvalue weighted by atomic mass is 16.5. The summed E-state index contributed by atoms with van der Waals surface area (Å²) in [4.78, 5) is 3.23. The predicted molar refractivity (Wildman–Crippen MR) is 66.7 cm³/mol. The molecule has 2 aromatic rings. The molecule has 3 nitrogen and oxygen atoms in total. The molecule has 0 saturated carbocycles. The molecule has 0 spiro atoms. The first-order valence-electron chi connectivity index (χ1n) is 5.72. The third kappa shape index (κ3) is 1.91. The van der Waals surface area contributed by atoms with Crippen molar-refractivity contribution in [3.63, 3.8) is 0 Å². The smallest absolute Gasteiger partial charge is 0.128 e. The minimum absolute atomic E-state index is 0.0140. The second-order valence-electron chi connectivity index (χ2n) is 4.06. The van der Waals surface area contributed by atoms with E-state index in [4.69, 9.17) is 10.5 Å². The van der Waals surface area contributed by atoms with Crippen molar-refractivity contribution < 1.29 is 4.74 Å². The summed E-state index contributed by atoms with van der Waals surface area (Å²) in [5.41, 5.74) is 8.14. The van der Waals surface area contributed by atoms with Crippen molar-refractivity contribution in [2.75, 3.05) is 6.61 Å². The molecule has 0 saturated heterocycles. The first-order valence-corrected chi connectivity index (χ1v) is 5.72. The summed E-state index contributed by atoms with van der Waals surface area (Å²) < 4.78 is 5.74. The van der Waals surface area contributed by atoms with E-state index in [2.05, 4.69) is 11.9 Å². The number of benzene rings is 1. The van der Waals surface area contributed by atoms with E-state index in [0.717, 1.165) is 35.2 Å². The fraction of sp³-hybridized carbons (Fsp3) is 0.385. The molecule has 0 aliphatic rings. The van der Waals surface area contributed by atoms with Gasteiger partial charge in [0.15, 0.2) is 0 Å². The molecule has 1 aromatic heterocycles. The van der Waals surface area contributed by atoms with Crippen molar-refractivity contribution >= 4 is 10.9 Å². The lowest BCUT2D eigenvalue weighted by atomic mass is 10.1. The average molecular weight is 218 g/mol. The van der Waals surface area contributed by atoms with Crippen molar-refractivity contribution in [2.45, 2.75) is 26.3 Å². The molecule has 1 atom stereocenters. The van der Waals surface area contributed by atoms with E-state index in [0.29, 0.717) is 0 Å². The number of aromatic nitrogens is 1. The van der Waals surface area contributed by atoms with Crippen LogP contribution in [0.5, 0.6) is 5.75 Å². The number of ether oxygens (including phenoxy) is 1. The lowest BCUT2D eigenvalue weighted by Gasteiger charge is -2.09.